The third kappa shape index (κ3) is 1.95. The van der Waals surface area contributed by atoms with E-state index in [0.717, 1.165) is 19.1 Å². The summed E-state index contributed by atoms with van der Waals surface area (Å²) in [7, 11) is 0. The molecule has 2 heterocycles. The van der Waals surface area contributed by atoms with E-state index in [0.29, 0.717) is 5.92 Å². The second-order valence-corrected chi connectivity index (χ2v) is 5.66. The Kier molecular flexibility index (Phi) is 2.83. The summed E-state index contributed by atoms with van der Waals surface area (Å²) in [5.74, 6) is 0.692. The molecule has 2 nitrogen and oxygen atoms in total. The van der Waals surface area contributed by atoms with Gasteiger partial charge >= 0.3 is 0 Å². The van der Waals surface area contributed by atoms with Gasteiger partial charge in [-0.25, -0.2) is 0 Å². The number of hydrogen-bond donors (Lipinski definition) is 1. The monoisotopic (exact) mass is 230 g/mol. The predicted molar refractivity (Wildman–Crippen MR) is 72.4 cm³/mol. The zero-order valence-corrected chi connectivity index (χ0v) is 10.7. The number of nitrogens with two attached hydrogens (primary N) is 1. The predicted octanol–water partition coefficient (Wildman–Crippen LogP) is 2.48. The summed E-state index contributed by atoms with van der Waals surface area (Å²) in [6, 6.07) is 7.68. The quantitative estimate of drug-likeness (QED) is 0.803. The molecule has 2 N–H and O–H groups in total. The molecule has 1 fully saturated rings. The normalized spacial score (nSPS) is 27.5. The third-order valence-electron chi connectivity index (χ3n) is 4.43. The van der Waals surface area contributed by atoms with Gasteiger partial charge in [-0.15, -0.1) is 0 Å². The van der Waals surface area contributed by atoms with Crippen LogP contribution in [0.4, 0.5) is 5.69 Å². The van der Waals surface area contributed by atoms with Crippen molar-refractivity contribution in [2.45, 2.75) is 38.6 Å². The summed E-state index contributed by atoms with van der Waals surface area (Å²) >= 11 is 0. The first kappa shape index (κ1) is 11.1. The molecular weight excluding hydrogens is 208 g/mol. The van der Waals surface area contributed by atoms with E-state index in [1.807, 2.05) is 0 Å². The van der Waals surface area contributed by atoms with Crippen LogP contribution in [-0.4, -0.2) is 19.1 Å². The molecule has 0 radical (unpaired) electrons. The van der Waals surface area contributed by atoms with E-state index >= 15 is 0 Å². The lowest BCUT2D eigenvalue weighted by Crippen LogP contribution is -2.47. The molecule has 0 aromatic heterocycles. The third-order valence-corrected chi connectivity index (χ3v) is 4.43. The van der Waals surface area contributed by atoms with Gasteiger partial charge in [0.15, 0.2) is 0 Å². The minimum atomic E-state index is 0.692. The lowest BCUT2D eigenvalue weighted by molar-refractivity contribution is 0.341. The van der Waals surface area contributed by atoms with Crippen LogP contribution in [0.5, 0.6) is 0 Å². The lowest BCUT2D eigenvalue weighted by atomic mass is 9.85. The van der Waals surface area contributed by atoms with Gasteiger partial charge in [0.1, 0.15) is 0 Å². The fourth-order valence-corrected chi connectivity index (χ4v) is 3.36. The van der Waals surface area contributed by atoms with Crippen LogP contribution in [0.15, 0.2) is 18.2 Å². The molecule has 0 aliphatic carbocycles. The maximum atomic E-state index is 5.85. The lowest BCUT2D eigenvalue weighted by Gasteiger charge is -2.45. The maximum Gasteiger partial charge on any atom is 0.0404 e. The highest BCUT2D eigenvalue weighted by Crippen LogP contribution is 2.37. The van der Waals surface area contributed by atoms with E-state index in [1.165, 1.54) is 42.5 Å². The molecule has 92 valence electrons. The van der Waals surface area contributed by atoms with E-state index in [9.17, 15) is 0 Å². The number of rotatable bonds is 1. The van der Waals surface area contributed by atoms with Crippen molar-refractivity contribution in [1.29, 1.82) is 0 Å². The van der Waals surface area contributed by atoms with Crippen molar-refractivity contribution < 1.29 is 0 Å². The number of piperidine rings is 1. The van der Waals surface area contributed by atoms with Gasteiger partial charge in [-0.3, -0.25) is 0 Å². The number of hydrogen-bond acceptors (Lipinski definition) is 2. The van der Waals surface area contributed by atoms with E-state index in [1.54, 1.807) is 0 Å². The van der Waals surface area contributed by atoms with Crippen molar-refractivity contribution in [3.63, 3.8) is 0 Å². The number of anilines is 1. The first-order valence-corrected chi connectivity index (χ1v) is 6.84. The molecule has 3 rings (SSSR count). The number of fused-ring (bicyclic) bond motifs is 3. The molecule has 2 aliphatic heterocycles. The fraction of sp³-hybridized carbons (Fsp3) is 0.600. The van der Waals surface area contributed by atoms with Gasteiger partial charge in [0.05, 0.1) is 0 Å². The van der Waals surface area contributed by atoms with Gasteiger partial charge in [-0.05, 0) is 62.3 Å². The Morgan fingerprint density at radius 1 is 1.29 bits per heavy atom. The van der Waals surface area contributed by atoms with Crippen molar-refractivity contribution in [3.8, 4) is 0 Å². The summed E-state index contributed by atoms with van der Waals surface area (Å²) in [5.41, 5.74) is 10.2. The van der Waals surface area contributed by atoms with Gasteiger partial charge in [-0.2, -0.15) is 0 Å². The Morgan fingerprint density at radius 3 is 3.00 bits per heavy atom. The number of nitrogens with zero attached hydrogens (tertiary/aromatic N) is 1. The van der Waals surface area contributed by atoms with Crippen molar-refractivity contribution in [3.05, 3.63) is 29.3 Å². The van der Waals surface area contributed by atoms with Crippen LogP contribution in [0.3, 0.4) is 0 Å². The Hall–Kier alpha value is -1.02. The molecular formula is C15H22N2. The number of aryl methyl sites for hydroxylation is 2. The Balaban J connectivity index is 1.94. The van der Waals surface area contributed by atoms with Crippen LogP contribution in [0.1, 0.15) is 30.4 Å². The fourth-order valence-electron chi connectivity index (χ4n) is 3.36. The van der Waals surface area contributed by atoms with Crippen molar-refractivity contribution in [2.24, 2.45) is 11.7 Å². The smallest absolute Gasteiger partial charge is 0.0404 e. The summed E-state index contributed by atoms with van der Waals surface area (Å²) in [6.45, 7) is 4.19. The van der Waals surface area contributed by atoms with Gasteiger partial charge in [0, 0.05) is 18.3 Å². The Labute approximate surface area is 104 Å². The standard InChI is InChI=1S/C15H22N2/c1-11-2-4-13-5-7-14-6-3-12(9-16)10-17(14)15(13)8-11/h2,4,8,12,14H,3,5-7,9-10,16H2,1H3. The SMILES string of the molecule is Cc1ccc2c(c1)N1CC(CN)CCC1CC2. The Bertz CT molecular complexity index is 413. The second kappa shape index (κ2) is 4.34. The highest BCUT2D eigenvalue weighted by molar-refractivity contribution is 5.58. The van der Waals surface area contributed by atoms with Gasteiger partial charge in [0.2, 0.25) is 0 Å². The van der Waals surface area contributed by atoms with Crippen molar-refractivity contribution >= 4 is 5.69 Å². The second-order valence-electron chi connectivity index (χ2n) is 5.66. The average molecular weight is 230 g/mol. The van der Waals surface area contributed by atoms with Crippen molar-refractivity contribution in [2.75, 3.05) is 18.0 Å². The van der Waals surface area contributed by atoms with E-state index < -0.39 is 0 Å². The largest absolute Gasteiger partial charge is 0.368 e. The molecule has 0 bridgehead atoms. The first-order chi connectivity index (χ1) is 8.28. The highest BCUT2D eigenvalue weighted by atomic mass is 15.2. The zero-order valence-electron chi connectivity index (χ0n) is 10.7. The molecule has 2 atom stereocenters. The first-order valence-electron chi connectivity index (χ1n) is 6.84. The molecule has 2 aliphatic rings. The molecule has 0 amide bonds. The maximum absolute atomic E-state index is 5.85. The Morgan fingerprint density at radius 2 is 2.18 bits per heavy atom. The molecule has 2 unspecified atom stereocenters. The summed E-state index contributed by atoms with van der Waals surface area (Å²) in [4.78, 5) is 2.63. The molecule has 1 saturated heterocycles. The molecule has 0 spiro atoms. The van der Waals surface area contributed by atoms with Gasteiger partial charge in [0.25, 0.3) is 0 Å². The number of benzene rings is 1. The van der Waals surface area contributed by atoms with Crippen LogP contribution < -0.4 is 10.6 Å². The molecule has 1 aromatic rings. The summed E-state index contributed by atoms with van der Waals surface area (Å²) < 4.78 is 0. The minimum Gasteiger partial charge on any atom is -0.368 e. The summed E-state index contributed by atoms with van der Waals surface area (Å²) in [5, 5.41) is 0. The zero-order chi connectivity index (χ0) is 11.8. The van der Waals surface area contributed by atoms with Crippen LogP contribution in [0.2, 0.25) is 0 Å². The molecule has 17 heavy (non-hydrogen) atoms. The topological polar surface area (TPSA) is 29.3 Å². The van der Waals surface area contributed by atoms with Crippen LogP contribution in [0, 0.1) is 12.8 Å². The average Bonchev–Trinajstić information content (AvgIpc) is 2.38. The van der Waals surface area contributed by atoms with Gasteiger partial charge < -0.3 is 10.6 Å². The van der Waals surface area contributed by atoms with Crippen LogP contribution >= 0.6 is 0 Å². The molecule has 1 aromatic carbocycles. The van der Waals surface area contributed by atoms with Crippen molar-refractivity contribution in [1.82, 2.24) is 0 Å². The van der Waals surface area contributed by atoms with E-state index in [-0.39, 0.29) is 0 Å². The van der Waals surface area contributed by atoms with Crippen LogP contribution in [0.25, 0.3) is 0 Å². The summed E-state index contributed by atoms with van der Waals surface area (Å²) in [6.07, 6.45) is 5.23. The highest BCUT2D eigenvalue weighted by Gasteiger charge is 2.31. The minimum absolute atomic E-state index is 0.692. The van der Waals surface area contributed by atoms with Gasteiger partial charge in [-0.1, -0.05) is 12.1 Å². The van der Waals surface area contributed by atoms with E-state index in [4.69, 9.17) is 5.73 Å². The molecule has 2 heteroatoms. The van der Waals surface area contributed by atoms with Crippen LogP contribution in [-0.2, 0) is 6.42 Å². The molecule has 0 saturated carbocycles. The van der Waals surface area contributed by atoms with E-state index in [2.05, 4.69) is 30.0 Å².